The molecule has 0 spiro atoms. The van der Waals surface area contributed by atoms with Gasteiger partial charge in [0.1, 0.15) is 0 Å². The van der Waals surface area contributed by atoms with E-state index in [2.05, 4.69) is 13.8 Å². The van der Waals surface area contributed by atoms with Gasteiger partial charge in [-0.25, -0.2) is 0 Å². The van der Waals surface area contributed by atoms with Gasteiger partial charge in [0.25, 0.3) is 0 Å². The first-order valence-electron chi connectivity index (χ1n) is 4.01. The Bertz CT molecular complexity index is 292. The van der Waals surface area contributed by atoms with Crippen molar-refractivity contribution in [1.29, 1.82) is 0 Å². The van der Waals surface area contributed by atoms with Gasteiger partial charge in [0, 0.05) is 5.56 Å². The normalized spacial score (nSPS) is 10.2. The Morgan fingerprint density at radius 1 is 1.42 bits per heavy atom. The summed E-state index contributed by atoms with van der Waals surface area (Å²) in [5, 5.41) is 0. The van der Waals surface area contributed by atoms with E-state index in [4.69, 9.17) is 5.73 Å². The zero-order valence-corrected chi connectivity index (χ0v) is 7.37. The van der Waals surface area contributed by atoms with Crippen LogP contribution in [0.15, 0.2) is 24.3 Å². The second kappa shape index (κ2) is 3.39. The van der Waals surface area contributed by atoms with Crippen LogP contribution in [0, 0.1) is 0 Å². The highest BCUT2D eigenvalue weighted by Crippen LogP contribution is 2.14. The first-order chi connectivity index (χ1) is 5.61. The molecule has 1 rings (SSSR count). The fourth-order valence-corrected chi connectivity index (χ4v) is 1.05. The van der Waals surface area contributed by atoms with E-state index in [-0.39, 0.29) is 5.91 Å². The first kappa shape index (κ1) is 8.78. The van der Waals surface area contributed by atoms with Crippen molar-refractivity contribution in [3.63, 3.8) is 0 Å². The summed E-state index contributed by atoms with van der Waals surface area (Å²) in [4.78, 5) is 10.8. The summed E-state index contributed by atoms with van der Waals surface area (Å²) in [5.41, 5.74) is 6.87. The molecule has 0 atom stereocenters. The topological polar surface area (TPSA) is 43.1 Å². The van der Waals surface area contributed by atoms with E-state index in [9.17, 15) is 4.79 Å². The molecular weight excluding hydrogens is 150 g/mol. The molecule has 64 valence electrons. The second-order valence-electron chi connectivity index (χ2n) is 3.14. The number of nitrogens with two attached hydrogens (primary N) is 1. The summed E-state index contributed by atoms with van der Waals surface area (Å²) in [7, 11) is 0. The third kappa shape index (κ3) is 1.84. The average molecular weight is 163 g/mol. The molecule has 0 saturated heterocycles. The summed E-state index contributed by atoms with van der Waals surface area (Å²) >= 11 is 0. The van der Waals surface area contributed by atoms with Gasteiger partial charge in [-0.1, -0.05) is 26.0 Å². The standard InChI is InChI=1S/C10H13NO/c1-7(2)8-4-3-5-9(6-8)10(11)12/h3-7H,1-2H3,(H2,11,12). The van der Waals surface area contributed by atoms with Crippen molar-refractivity contribution in [3.8, 4) is 0 Å². The van der Waals surface area contributed by atoms with Crippen molar-refractivity contribution < 1.29 is 4.79 Å². The van der Waals surface area contributed by atoms with Crippen LogP contribution in [0.25, 0.3) is 0 Å². The molecule has 2 nitrogen and oxygen atoms in total. The number of primary amides is 1. The lowest BCUT2D eigenvalue weighted by atomic mass is 10.0. The largest absolute Gasteiger partial charge is 0.366 e. The Morgan fingerprint density at radius 3 is 2.58 bits per heavy atom. The molecule has 0 unspecified atom stereocenters. The third-order valence-electron chi connectivity index (χ3n) is 1.84. The maximum atomic E-state index is 10.8. The minimum Gasteiger partial charge on any atom is -0.366 e. The number of benzene rings is 1. The van der Waals surface area contributed by atoms with Crippen LogP contribution < -0.4 is 5.73 Å². The fourth-order valence-electron chi connectivity index (χ4n) is 1.05. The summed E-state index contributed by atoms with van der Waals surface area (Å²) < 4.78 is 0. The molecule has 0 aliphatic carbocycles. The Hall–Kier alpha value is -1.31. The Kier molecular flexibility index (Phi) is 2.48. The minimum atomic E-state index is -0.363. The molecule has 0 aliphatic rings. The number of amides is 1. The molecule has 1 amide bonds. The number of carbonyl (C=O) groups is 1. The fraction of sp³-hybridized carbons (Fsp3) is 0.300. The molecule has 2 N–H and O–H groups in total. The van der Waals surface area contributed by atoms with E-state index in [1.54, 1.807) is 6.07 Å². The van der Waals surface area contributed by atoms with Crippen LogP contribution in [0.2, 0.25) is 0 Å². The Balaban J connectivity index is 3.04. The van der Waals surface area contributed by atoms with Gasteiger partial charge in [-0.05, 0) is 23.6 Å². The van der Waals surface area contributed by atoms with Crippen LogP contribution >= 0.6 is 0 Å². The zero-order chi connectivity index (χ0) is 9.14. The molecule has 1 aromatic rings. The molecule has 0 saturated carbocycles. The van der Waals surface area contributed by atoms with Gasteiger partial charge in [-0.3, -0.25) is 4.79 Å². The molecule has 12 heavy (non-hydrogen) atoms. The molecule has 0 heterocycles. The number of hydrogen-bond donors (Lipinski definition) is 1. The van der Waals surface area contributed by atoms with Crippen LogP contribution in [0.1, 0.15) is 35.7 Å². The monoisotopic (exact) mass is 163 g/mol. The predicted molar refractivity (Wildman–Crippen MR) is 49.0 cm³/mol. The summed E-state index contributed by atoms with van der Waals surface area (Å²) in [6, 6.07) is 7.42. The van der Waals surface area contributed by atoms with E-state index < -0.39 is 0 Å². The Morgan fingerprint density at radius 2 is 2.08 bits per heavy atom. The van der Waals surface area contributed by atoms with Gasteiger partial charge in [0.05, 0.1) is 0 Å². The highest BCUT2D eigenvalue weighted by Gasteiger charge is 2.02. The van der Waals surface area contributed by atoms with E-state index in [1.807, 2.05) is 18.2 Å². The lowest BCUT2D eigenvalue weighted by molar-refractivity contribution is 0.1000. The molecule has 0 aromatic heterocycles. The average Bonchev–Trinajstić information content (AvgIpc) is 2.04. The number of hydrogen-bond acceptors (Lipinski definition) is 1. The summed E-state index contributed by atoms with van der Waals surface area (Å²) in [5.74, 6) is 0.0711. The highest BCUT2D eigenvalue weighted by molar-refractivity contribution is 5.92. The maximum Gasteiger partial charge on any atom is 0.248 e. The SMILES string of the molecule is CC(C)c1cccc(C(N)=O)c1. The number of carbonyl (C=O) groups excluding carboxylic acids is 1. The van der Waals surface area contributed by atoms with Crippen molar-refractivity contribution in [1.82, 2.24) is 0 Å². The van der Waals surface area contributed by atoms with Gasteiger partial charge < -0.3 is 5.73 Å². The lowest BCUT2D eigenvalue weighted by Gasteiger charge is -2.05. The number of rotatable bonds is 2. The molecule has 0 aliphatic heterocycles. The highest BCUT2D eigenvalue weighted by atomic mass is 16.1. The molecule has 0 bridgehead atoms. The summed E-state index contributed by atoms with van der Waals surface area (Å²) in [6.45, 7) is 4.17. The maximum absolute atomic E-state index is 10.8. The second-order valence-corrected chi connectivity index (χ2v) is 3.14. The lowest BCUT2D eigenvalue weighted by Crippen LogP contribution is -2.11. The van der Waals surface area contributed by atoms with Gasteiger partial charge in [-0.2, -0.15) is 0 Å². The van der Waals surface area contributed by atoms with Crippen LogP contribution in [-0.4, -0.2) is 5.91 Å². The van der Waals surface area contributed by atoms with Gasteiger partial charge in [-0.15, -0.1) is 0 Å². The van der Waals surface area contributed by atoms with Crippen molar-refractivity contribution in [3.05, 3.63) is 35.4 Å². The van der Waals surface area contributed by atoms with Crippen LogP contribution in [0.3, 0.4) is 0 Å². The van der Waals surface area contributed by atoms with Gasteiger partial charge in [0.2, 0.25) is 5.91 Å². The van der Waals surface area contributed by atoms with E-state index in [1.165, 1.54) is 0 Å². The van der Waals surface area contributed by atoms with Crippen molar-refractivity contribution >= 4 is 5.91 Å². The molecule has 2 heteroatoms. The van der Waals surface area contributed by atoms with Crippen LogP contribution in [0.4, 0.5) is 0 Å². The quantitative estimate of drug-likeness (QED) is 0.711. The predicted octanol–water partition coefficient (Wildman–Crippen LogP) is 1.91. The third-order valence-corrected chi connectivity index (χ3v) is 1.84. The van der Waals surface area contributed by atoms with E-state index in [0.717, 1.165) is 5.56 Å². The van der Waals surface area contributed by atoms with Gasteiger partial charge in [0.15, 0.2) is 0 Å². The molecule has 1 aromatic carbocycles. The van der Waals surface area contributed by atoms with Crippen molar-refractivity contribution in [2.45, 2.75) is 19.8 Å². The minimum absolute atomic E-state index is 0.363. The molecular formula is C10H13NO. The van der Waals surface area contributed by atoms with E-state index >= 15 is 0 Å². The van der Waals surface area contributed by atoms with Crippen LogP contribution in [-0.2, 0) is 0 Å². The van der Waals surface area contributed by atoms with Gasteiger partial charge >= 0.3 is 0 Å². The first-order valence-corrected chi connectivity index (χ1v) is 4.01. The molecule has 0 fully saturated rings. The Labute approximate surface area is 72.4 Å². The van der Waals surface area contributed by atoms with E-state index in [0.29, 0.717) is 11.5 Å². The van der Waals surface area contributed by atoms with Crippen LogP contribution in [0.5, 0.6) is 0 Å². The smallest absolute Gasteiger partial charge is 0.248 e. The van der Waals surface area contributed by atoms with Crippen molar-refractivity contribution in [2.24, 2.45) is 5.73 Å². The summed E-state index contributed by atoms with van der Waals surface area (Å²) in [6.07, 6.45) is 0. The molecule has 0 radical (unpaired) electrons. The zero-order valence-electron chi connectivity index (χ0n) is 7.37. The van der Waals surface area contributed by atoms with Crippen molar-refractivity contribution in [2.75, 3.05) is 0 Å².